The van der Waals surface area contributed by atoms with Crippen LogP contribution in [-0.4, -0.2) is 59.9 Å². The summed E-state index contributed by atoms with van der Waals surface area (Å²) < 4.78 is 30.3. The van der Waals surface area contributed by atoms with Crippen LogP contribution in [0.1, 0.15) is 81.7 Å². The normalized spacial score (nSPS) is 22.9. The molecule has 2 aliphatic heterocycles. The van der Waals surface area contributed by atoms with Gasteiger partial charge in [-0.15, -0.1) is 0 Å². The van der Waals surface area contributed by atoms with Gasteiger partial charge in [-0.25, -0.2) is 4.79 Å². The predicted octanol–water partition coefficient (Wildman–Crippen LogP) is 3.92. The lowest BCUT2D eigenvalue weighted by molar-refractivity contribution is 0.00578. The predicted molar refractivity (Wildman–Crippen MR) is 138 cm³/mol. The summed E-state index contributed by atoms with van der Waals surface area (Å²) >= 11 is 0. The highest BCUT2D eigenvalue weighted by molar-refractivity contribution is 6.62. The fourth-order valence-electron chi connectivity index (χ4n) is 3.56. The number of rotatable bonds is 5. The second-order valence-corrected chi connectivity index (χ2v) is 12.3. The highest BCUT2D eigenvalue weighted by Crippen LogP contribution is 2.39. The molecule has 1 aromatic rings. The number of amides is 1. The number of ether oxygens (including phenoxy) is 1. The first-order valence-corrected chi connectivity index (χ1v) is 12.2. The molecule has 2 saturated heterocycles. The van der Waals surface area contributed by atoms with E-state index in [2.05, 4.69) is 10.3 Å². The number of hydrogen-bond acceptors (Lipinski definition) is 7. The van der Waals surface area contributed by atoms with E-state index < -0.39 is 48.3 Å². The zero-order valence-corrected chi connectivity index (χ0v) is 23.1. The maximum atomic E-state index is 12.3. The third-order valence-corrected chi connectivity index (χ3v) is 7.05. The highest BCUT2D eigenvalue weighted by Gasteiger charge is 2.53. The highest BCUT2D eigenvalue weighted by atomic mass is 16.7. The molecule has 1 N–H and O–H groups in total. The van der Waals surface area contributed by atoms with Crippen molar-refractivity contribution in [3.63, 3.8) is 0 Å². The van der Waals surface area contributed by atoms with Gasteiger partial charge in [-0.3, -0.25) is 4.98 Å². The van der Waals surface area contributed by atoms with E-state index >= 15 is 0 Å². The maximum absolute atomic E-state index is 12.3. The molecule has 0 spiro atoms. The van der Waals surface area contributed by atoms with Crippen LogP contribution in [0.2, 0.25) is 0 Å². The summed E-state index contributed by atoms with van der Waals surface area (Å²) in [7, 11) is -1.17. The topological polar surface area (TPSA) is 88.1 Å². The fraction of sp³-hybridized carbons (Fsp3) is 0.680. The zero-order valence-electron chi connectivity index (χ0n) is 23.1. The summed E-state index contributed by atoms with van der Waals surface area (Å²) in [5.41, 5.74) is -0.180. The number of carbonyl (C=O) groups is 1. The molecule has 0 atom stereocenters. The van der Waals surface area contributed by atoms with Crippen LogP contribution in [-0.2, 0) is 23.4 Å². The van der Waals surface area contributed by atoms with Gasteiger partial charge in [0.1, 0.15) is 5.60 Å². The van der Waals surface area contributed by atoms with Crippen LogP contribution in [0, 0.1) is 0 Å². The van der Waals surface area contributed by atoms with Crippen molar-refractivity contribution in [1.29, 1.82) is 0 Å². The molecule has 2 fully saturated rings. The smallest absolute Gasteiger partial charge is 0.444 e. The molecular weight excluding hydrogens is 446 g/mol. The summed E-state index contributed by atoms with van der Waals surface area (Å²) in [5.74, 6) is 0. The number of pyridine rings is 1. The minimum absolute atomic E-state index is 0.187. The van der Waals surface area contributed by atoms with Gasteiger partial charge in [0.05, 0.1) is 22.4 Å². The van der Waals surface area contributed by atoms with Crippen molar-refractivity contribution in [2.24, 2.45) is 0 Å². The Morgan fingerprint density at radius 3 is 1.97 bits per heavy atom. The van der Waals surface area contributed by atoms with Gasteiger partial charge < -0.3 is 28.7 Å². The molecule has 0 saturated carbocycles. The summed E-state index contributed by atoms with van der Waals surface area (Å²) in [6.45, 7) is 21.7. The van der Waals surface area contributed by atoms with Crippen molar-refractivity contribution < 1.29 is 28.1 Å². The number of nitrogens with zero attached hydrogens (tertiary/aromatic N) is 1. The lowest BCUT2D eigenvalue weighted by atomic mass is 9.76. The second-order valence-electron chi connectivity index (χ2n) is 12.3. The Morgan fingerprint density at radius 1 is 0.943 bits per heavy atom. The Morgan fingerprint density at radius 2 is 1.46 bits per heavy atom. The maximum Gasteiger partial charge on any atom is 0.496 e. The molecule has 1 aromatic heterocycles. The van der Waals surface area contributed by atoms with Crippen molar-refractivity contribution in [2.75, 3.05) is 6.54 Å². The Labute approximate surface area is 210 Å². The molecular formula is C25H40B2N2O6. The summed E-state index contributed by atoms with van der Waals surface area (Å²) in [5, 5.41) is 2.82. The van der Waals surface area contributed by atoms with Gasteiger partial charge in [0.15, 0.2) is 0 Å². The Balaban J connectivity index is 1.88. The van der Waals surface area contributed by atoms with Crippen LogP contribution in [0.15, 0.2) is 23.9 Å². The molecule has 10 heteroatoms. The van der Waals surface area contributed by atoms with Gasteiger partial charge in [-0.05, 0) is 87.2 Å². The third-order valence-electron chi connectivity index (χ3n) is 7.05. The summed E-state index contributed by atoms with van der Waals surface area (Å²) in [6.07, 6.45) is 4.89. The van der Waals surface area contributed by atoms with Crippen molar-refractivity contribution in [2.45, 2.75) is 104 Å². The minimum atomic E-state index is -0.643. The SMILES string of the molecule is CC(C)(C)OC(=O)NCC(=Cc1cncc(B2OC(C)(C)C(C)(C)O2)c1)B1OC(C)(C)C(C)(C)O1. The van der Waals surface area contributed by atoms with E-state index in [1.54, 1.807) is 12.4 Å². The van der Waals surface area contributed by atoms with Crippen LogP contribution >= 0.6 is 0 Å². The van der Waals surface area contributed by atoms with E-state index in [-0.39, 0.29) is 6.54 Å². The van der Waals surface area contributed by atoms with E-state index in [9.17, 15) is 4.79 Å². The van der Waals surface area contributed by atoms with E-state index in [1.165, 1.54) is 0 Å². The quantitative estimate of drug-likeness (QED) is 0.632. The first-order valence-electron chi connectivity index (χ1n) is 12.2. The van der Waals surface area contributed by atoms with Gasteiger partial charge in [0.25, 0.3) is 0 Å². The Hall–Kier alpha value is -1.87. The van der Waals surface area contributed by atoms with Gasteiger partial charge >= 0.3 is 20.3 Å². The molecule has 0 aromatic carbocycles. The molecule has 2 aliphatic rings. The number of alkyl carbamates (subject to hydrolysis) is 1. The van der Waals surface area contributed by atoms with Crippen LogP contribution in [0.4, 0.5) is 4.79 Å². The number of nitrogens with one attached hydrogen (secondary N) is 1. The van der Waals surface area contributed by atoms with E-state index in [0.717, 1.165) is 16.5 Å². The van der Waals surface area contributed by atoms with Gasteiger partial charge in [-0.1, -0.05) is 12.1 Å². The molecule has 0 bridgehead atoms. The summed E-state index contributed by atoms with van der Waals surface area (Å²) in [4.78, 5) is 16.8. The molecule has 0 radical (unpaired) electrons. The van der Waals surface area contributed by atoms with E-state index in [0.29, 0.717) is 0 Å². The van der Waals surface area contributed by atoms with Crippen LogP contribution in [0.5, 0.6) is 0 Å². The van der Waals surface area contributed by atoms with Gasteiger partial charge in [0.2, 0.25) is 0 Å². The molecule has 3 heterocycles. The fourth-order valence-corrected chi connectivity index (χ4v) is 3.56. The first-order chi connectivity index (χ1) is 15.8. The van der Waals surface area contributed by atoms with Crippen molar-refractivity contribution in [3.8, 4) is 0 Å². The standard InChI is InChI=1S/C25H40B2N2O6/c1-21(2,3)31-20(30)29-16-19(27-34-24(8,9)25(10,11)35-27)13-17-12-18(15-28-14-17)26-32-22(4,5)23(6,7)33-26/h12-15H,16H2,1-11H3,(H,29,30). The van der Waals surface area contributed by atoms with Crippen LogP contribution in [0.25, 0.3) is 6.08 Å². The molecule has 35 heavy (non-hydrogen) atoms. The molecule has 8 nitrogen and oxygen atoms in total. The zero-order chi connectivity index (χ0) is 26.4. The molecule has 1 amide bonds. The number of carbonyl (C=O) groups excluding carboxylic acids is 1. The van der Waals surface area contributed by atoms with Crippen molar-refractivity contribution in [1.82, 2.24) is 10.3 Å². The molecule has 3 rings (SSSR count). The monoisotopic (exact) mass is 486 g/mol. The van der Waals surface area contributed by atoms with E-state index in [4.69, 9.17) is 23.4 Å². The number of hydrogen-bond donors (Lipinski definition) is 1. The van der Waals surface area contributed by atoms with Crippen LogP contribution in [0.3, 0.4) is 0 Å². The average molecular weight is 486 g/mol. The molecule has 192 valence electrons. The average Bonchev–Trinajstić information content (AvgIpc) is 3.03. The largest absolute Gasteiger partial charge is 0.496 e. The number of aromatic nitrogens is 1. The Kier molecular flexibility index (Phi) is 7.30. The summed E-state index contributed by atoms with van der Waals surface area (Å²) in [6, 6.07) is 1.97. The second kappa shape index (κ2) is 9.21. The molecule has 0 unspecified atom stereocenters. The van der Waals surface area contributed by atoms with Crippen LogP contribution < -0.4 is 10.8 Å². The Bertz CT molecular complexity index is 952. The minimum Gasteiger partial charge on any atom is -0.444 e. The van der Waals surface area contributed by atoms with Gasteiger partial charge in [-0.2, -0.15) is 0 Å². The van der Waals surface area contributed by atoms with E-state index in [1.807, 2.05) is 88.3 Å². The van der Waals surface area contributed by atoms with Gasteiger partial charge in [0, 0.05) is 24.4 Å². The van der Waals surface area contributed by atoms with Crippen molar-refractivity contribution >= 4 is 31.9 Å². The lowest BCUT2D eigenvalue weighted by Crippen LogP contribution is -2.41. The lowest BCUT2D eigenvalue weighted by Gasteiger charge is -2.32. The van der Waals surface area contributed by atoms with Crippen molar-refractivity contribution in [3.05, 3.63) is 29.5 Å². The first kappa shape index (κ1) is 27.7. The molecule has 0 aliphatic carbocycles. The third kappa shape index (κ3) is 6.28.